The van der Waals surface area contributed by atoms with Gasteiger partial charge in [-0.15, -0.1) is 0 Å². The molecule has 1 aromatic heterocycles. The van der Waals surface area contributed by atoms with E-state index in [-0.39, 0.29) is 0 Å². The summed E-state index contributed by atoms with van der Waals surface area (Å²) in [7, 11) is 0. The van der Waals surface area contributed by atoms with Crippen molar-refractivity contribution in [1.29, 1.82) is 0 Å². The monoisotopic (exact) mass is 334 g/mol. The molecule has 1 N–H and O–H groups in total. The van der Waals surface area contributed by atoms with E-state index in [0.717, 1.165) is 23.0 Å². The van der Waals surface area contributed by atoms with E-state index in [0.29, 0.717) is 0 Å². The fourth-order valence-corrected chi connectivity index (χ4v) is 3.88. The predicted octanol–water partition coefficient (Wildman–Crippen LogP) is 4.74. The Labute approximate surface area is 129 Å². The first-order valence-electron chi connectivity index (χ1n) is 7.66. The fraction of sp³-hybridized carbons (Fsp3) is 0.529. The minimum atomic E-state index is 0.732. The lowest BCUT2D eigenvalue weighted by Crippen LogP contribution is -2.44. The lowest BCUT2D eigenvalue weighted by molar-refractivity contribution is 0.105. The highest BCUT2D eigenvalue weighted by molar-refractivity contribution is 9.10. The van der Waals surface area contributed by atoms with E-state index >= 15 is 0 Å². The summed E-state index contributed by atoms with van der Waals surface area (Å²) in [6, 6.07) is 7.93. The van der Waals surface area contributed by atoms with E-state index in [2.05, 4.69) is 64.1 Å². The number of halogens is 1. The van der Waals surface area contributed by atoms with Crippen molar-refractivity contribution in [3.05, 3.63) is 34.4 Å². The van der Waals surface area contributed by atoms with Gasteiger partial charge in [0.1, 0.15) is 0 Å². The number of likely N-dealkylation sites (tertiary alicyclic amines) is 1. The molecule has 0 spiro atoms. The topological polar surface area (TPSA) is 19.0 Å². The Kier molecular flexibility index (Phi) is 4.18. The van der Waals surface area contributed by atoms with Gasteiger partial charge in [0.25, 0.3) is 0 Å². The third-order valence-electron chi connectivity index (χ3n) is 4.74. The van der Waals surface area contributed by atoms with E-state index in [9.17, 15) is 0 Å². The zero-order valence-corrected chi connectivity index (χ0v) is 13.9. The molecule has 2 atom stereocenters. The number of aromatic amines is 1. The molecule has 20 heavy (non-hydrogen) atoms. The molecule has 2 heterocycles. The molecule has 2 unspecified atom stereocenters. The van der Waals surface area contributed by atoms with E-state index in [1.54, 1.807) is 0 Å². The molecule has 2 nitrogen and oxygen atoms in total. The first-order valence-corrected chi connectivity index (χ1v) is 8.45. The van der Waals surface area contributed by atoms with Crippen molar-refractivity contribution in [2.45, 2.75) is 51.6 Å². The van der Waals surface area contributed by atoms with Crippen LogP contribution in [0.3, 0.4) is 0 Å². The SMILES string of the molecule is CC1CCCC(C)N1CCc1c[nH]c2ccc(Br)cc12. The largest absolute Gasteiger partial charge is 0.361 e. The van der Waals surface area contributed by atoms with Crippen LogP contribution in [0.1, 0.15) is 38.7 Å². The van der Waals surface area contributed by atoms with Crippen LogP contribution >= 0.6 is 15.9 Å². The molecule has 0 saturated carbocycles. The third-order valence-corrected chi connectivity index (χ3v) is 5.24. The Balaban J connectivity index is 1.75. The van der Waals surface area contributed by atoms with E-state index in [4.69, 9.17) is 0 Å². The van der Waals surface area contributed by atoms with Crippen LogP contribution < -0.4 is 0 Å². The van der Waals surface area contributed by atoms with Gasteiger partial charge in [-0.1, -0.05) is 22.4 Å². The maximum absolute atomic E-state index is 3.57. The summed E-state index contributed by atoms with van der Waals surface area (Å²) in [4.78, 5) is 6.07. The standard InChI is InChI=1S/C17H23BrN2/c1-12-4-3-5-13(2)20(12)9-8-14-11-19-17-7-6-15(18)10-16(14)17/h6-7,10-13,19H,3-5,8-9H2,1-2H3. The smallest absolute Gasteiger partial charge is 0.0457 e. The summed E-state index contributed by atoms with van der Waals surface area (Å²) in [6.45, 7) is 5.92. The lowest BCUT2D eigenvalue weighted by Gasteiger charge is -2.39. The first kappa shape index (κ1) is 14.2. The van der Waals surface area contributed by atoms with Crippen molar-refractivity contribution in [2.75, 3.05) is 6.54 Å². The van der Waals surface area contributed by atoms with Gasteiger partial charge in [0.2, 0.25) is 0 Å². The van der Waals surface area contributed by atoms with E-state index < -0.39 is 0 Å². The lowest BCUT2D eigenvalue weighted by atomic mass is 9.97. The van der Waals surface area contributed by atoms with Gasteiger partial charge in [-0.25, -0.2) is 0 Å². The Bertz CT molecular complexity index is 580. The maximum atomic E-state index is 3.57. The Morgan fingerprint density at radius 3 is 2.75 bits per heavy atom. The van der Waals surface area contributed by atoms with Crippen LogP contribution in [0.25, 0.3) is 10.9 Å². The number of hydrogen-bond acceptors (Lipinski definition) is 1. The summed E-state index contributed by atoms with van der Waals surface area (Å²) in [5.74, 6) is 0. The van der Waals surface area contributed by atoms with Crippen molar-refractivity contribution in [1.82, 2.24) is 9.88 Å². The first-order chi connectivity index (χ1) is 9.65. The Morgan fingerprint density at radius 1 is 1.25 bits per heavy atom. The van der Waals surface area contributed by atoms with Gasteiger partial charge in [0, 0.05) is 40.2 Å². The van der Waals surface area contributed by atoms with Gasteiger partial charge >= 0.3 is 0 Å². The molecule has 1 fully saturated rings. The number of piperidine rings is 1. The van der Waals surface area contributed by atoms with Crippen molar-refractivity contribution in [3.8, 4) is 0 Å². The number of nitrogens with zero attached hydrogens (tertiary/aromatic N) is 1. The molecule has 0 radical (unpaired) electrons. The number of fused-ring (bicyclic) bond motifs is 1. The molecule has 3 heteroatoms. The molecule has 0 amide bonds. The van der Waals surface area contributed by atoms with Crippen LogP contribution in [-0.4, -0.2) is 28.5 Å². The van der Waals surface area contributed by atoms with Crippen molar-refractivity contribution in [2.24, 2.45) is 0 Å². The Morgan fingerprint density at radius 2 is 2.00 bits per heavy atom. The molecule has 1 aliphatic heterocycles. The highest BCUT2D eigenvalue weighted by atomic mass is 79.9. The van der Waals surface area contributed by atoms with Crippen molar-refractivity contribution >= 4 is 26.8 Å². The zero-order chi connectivity index (χ0) is 14.1. The summed E-state index contributed by atoms with van der Waals surface area (Å²) in [5, 5.41) is 1.36. The van der Waals surface area contributed by atoms with E-state index in [1.165, 1.54) is 42.3 Å². The third kappa shape index (κ3) is 2.79. The molecule has 1 aliphatic rings. The van der Waals surface area contributed by atoms with Crippen LogP contribution in [0.5, 0.6) is 0 Å². The molecule has 0 aliphatic carbocycles. The average molecular weight is 335 g/mol. The number of nitrogens with one attached hydrogen (secondary N) is 1. The summed E-state index contributed by atoms with van der Waals surface area (Å²) in [5.41, 5.74) is 2.68. The Hall–Kier alpha value is -0.800. The summed E-state index contributed by atoms with van der Waals surface area (Å²) < 4.78 is 1.16. The molecule has 1 saturated heterocycles. The molecule has 108 valence electrons. The van der Waals surface area contributed by atoms with Gasteiger partial charge in [-0.3, -0.25) is 4.90 Å². The zero-order valence-electron chi connectivity index (χ0n) is 12.3. The van der Waals surface area contributed by atoms with E-state index in [1.807, 2.05) is 0 Å². The van der Waals surface area contributed by atoms with Crippen molar-refractivity contribution in [3.63, 3.8) is 0 Å². The van der Waals surface area contributed by atoms with Gasteiger partial charge in [0.15, 0.2) is 0 Å². The van der Waals surface area contributed by atoms with Gasteiger partial charge in [-0.05, 0) is 56.9 Å². The summed E-state index contributed by atoms with van der Waals surface area (Å²) >= 11 is 3.57. The average Bonchev–Trinajstić information content (AvgIpc) is 2.81. The second kappa shape index (κ2) is 5.90. The summed E-state index contributed by atoms with van der Waals surface area (Å²) in [6.07, 6.45) is 7.40. The number of hydrogen-bond donors (Lipinski definition) is 1. The predicted molar refractivity (Wildman–Crippen MR) is 89.2 cm³/mol. The van der Waals surface area contributed by atoms with Gasteiger partial charge in [-0.2, -0.15) is 0 Å². The molecule has 1 aromatic carbocycles. The van der Waals surface area contributed by atoms with Crippen LogP contribution in [0.2, 0.25) is 0 Å². The van der Waals surface area contributed by atoms with Gasteiger partial charge in [0.05, 0.1) is 0 Å². The number of benzene rings is 1. The molecular weight excluding hydrogens is 312 g/mol. The minimum absolute atomic E-state index is 0.732. The van der Waals surface area contributed by atoms with Gasteiger partial charge < -0.3 is 4.98 Å². The second-order valence-electron chi connectivity index (χ2n) is 6.12. The minimum Gasteiger partial charge on any atom is -0.361 e. The van der Waals surface area contributed by atoms with Crippen LogP contribution in [0.15, 0.2) is 28.9 Å². The highest BCUT2D eigenvalue weighted by Gasteiger charge is 2.24. The van der Waals surface area contributed by atoms with Crippen LogP contribution in [-0.2, 0) is 6.42 Å². The van der Waals surface area contributed by atoms with Crippen LogP contribution in [0, 0.1) is 0 Å². The quantitative estimate of drug-likeness (QED) is 0.859. The second-order valence-corrected chi connectivity index (χ2v) is 7.04. The molecule has 2 aromatic rings. The molecular formula is C17H23BrN2. The number of H-pyrrole nitrogens is 1. The fourth-order valence-electron chi connectivity index (χ4n) is 3.52. The van der Waals surface area contributed by atoms with Crippen LogP contribution in [0.4, 0.5) is 0 Å². The maximum Gasteiger partial charge on any atom is 0.0457 e. The van der Waals surface area contributed by atoms with Crippen molar-refractivity contribution < 1.29 is 0 Å². The number of aromatic nitrogens is 1. The molecule has 0 bridgehead atoms. The number of rotatable bonds is 3. The molecule has 3 rings (SSSR count). The normalized spacial score (nSPS) is 24.4. The highest BCUT2D eigenvalue weighted by Crippen LogP contribution is 2.26.